The van der Waals surface area contributed by atoms with E-state index in [-0.39, 0.29) is 5.84 Å². The van der Waals surface area contributed by atoms with Crippen LogP contribution < -0.4 is 5.73 Å². The van der Waals surface area contributed by atoms with Gasteiger partial charge in [0.25, 0.3) is 0 Å². The molecule has 0 atom stereocenters. The van der Waals surface area contributed by atoms with E-state index in [0.29, 0.717) is 12.3 Å². The normalized spacial score (nSPS) is 11.4. The first-order valence-corrected chi connectivity index (χ1v) is 7.43. The van der Waals surface area contributed by atoms with E-state index in [9.17, 15) is 0 Å². The van der Waals surface area contributed by atoms with Gasteiger partial charge in [0.2, 0.25) is 0 Å². The van der Waals surface area contributed by atoms with Crippen LogP contribution in [0, 0.1) is 11.3 Å². The smallest absolute Gasteiger partial charge is 0.0918 e. The Bertz CT molecular complexity index is 362. The molecule has 1 heterocycles. The highest BCUT2D eigenvalue weighted by molar-refractivity contribution is 9.10. The van der Waals surface area contributed by atoms with Gasteiger partial charge in [-0.25, -0.2) is 0 Å². The highest BCUT2D eigenvalue weighted by atomic mass is 79.9. The first kappa shape index (κ1) is 14.7. The highest BCUT2D eigenvalue weighted by Crippen LogP contribution is 2.24. The number of hydrogen-bond acceptors (Lipinski definition) is 3. The molecule has 5 heteroatoms. The number of amidine groups is 1. The zero-order valence-electron chi connectivity index (χ0n) is 10.4. The van der Waals surface area contributed by atoms with Crippen LogP contribution in [0.1, 0.15) is 25.1 Å². The van der Waals surface area contributed by atoms with Crippen LogP contribution in [0.3, 0.4) is 0 Å². The molecule has 0 spiro atoms. The first-order chi connectivity index (χ1) is 7.99. The Hall–Kier alpha value is -0.390. The molecule has 17 heavy (non-hydrogen) atoms. The zero-order valence-corrected chi connectivity index (χ0v) is 12.8. The number of halogens is 1. The molecule has 0 bridgehead atoms. The van der Waals surface area contributed by atoms with Crippen molar-refractivity contribution >= 4 is 33.1 Å². The molecule has 0 saturated heterocycles. The van der Waals surface area contributed by atoms with Crippen molar-refractivity contribution in [3.8, 4) is 0 Å². The quantitative estimate of drug-likeness (QED) is 0.599. The standard InChI is InChI=1S/C12H20BrN3S/c1-9(2)7-16(5-3-12(14)15)8-11-10(13)4-6-17-11/h4,6,9H,3,5,7-8H2,1-2H3,(H3,14,15). The van der Waals surface area contributed by atoms with Crippen LogP contribution >= 0.6 is 27.3 Å². The lowest BCUT2D eigenvalue weighted by molar-refractivity contribution is 0.244. The van der Waals surface area contributed by atoms with Gasteiger partial charge in [0.15, 0.2) is 0 Å². The Morgan fingerprint density at radius 3 is 2.76 bits per heavy atom. The van der Waals surface area contributed by atoms with E-state index in [2.05, 4.69) is 46.1 Å². The van der Waals surface area contributed by atoms with Gasteiger partial charge >= 0.3 is 0 Å². The van der Waals surface area contributed by atoms with Crippen LogP contribution in [0.25, 0.3) is 0 Å². The van der Waals surface area contributed by atoms with Crippen molar-refractivity contribution in [2.24, 2.45) is 11.7 Å². The monoisotopic (exact) mass is 317 g/mol. The van der Waals surface area contributed by atoms with Crippen molar-refractivity contribution in [3.05, 3.63) is 20.8 Å². The van der Waals surface area contributed by atoms with E-state index < -0.39 is 0 Å². The minimum atomic E-state index is 0.268. The Kier molecular flexibility index (Phi) is 6.16. The van der Waals surface area contributed by atoms with Crippen LogP contribution in [0.15, 0.2) is 15.9 Å². The summed E-state index contributed by atoms with van der Waals surface area (Å²) >= 11 is 5.32. The van der Waals surface area contributed by atoms with E-state index in [1.165, 1.54) is 9.35 Å². The van der Waals surface area contributed by atoms with E-state index in [1.54, 1.807) is 11.3 Å². The summed E-state index contributed by atoms with van der Waals surface area (Å²) in [6.45, 7) is 7.26. The molecular formula is C12H20BrN3S. The Labute approximate surface area is 116 Å². The van der Waals surface area contributed by atoms with Gasteiger partial charge in [-0.05, 0) is 33.3 Å². The van der Waals surface area contributed by atoms with Gasteiger partial charge in [-0.15, -0.1) is 11.3 Å². The molecule has 0 aliphatic rings. The summed E-state index contributed by atoms with van der Waals surface area (Å²) in [4.78, 5) is 3.71. The van der Waals surface area contributed by atoms with E-state index in [4.69, 9.17) is 11.1 Å². The van der Waals surface area contributed by atoms with E-state index in [1.807, 2.05) is 0 Å². The van der Waals surface area contributed by atoms with E-state index in [0.717, 1.165) is 19.6 Å². The highest BCUT2D eigenvalue weighted by Gasteiger charge is 2.11. The molecule has 1 aromatic heterocycles. The molecule has 3 N–H and O–H groups in total. The molecule has 0 fully saturated rings. The fourth-order valence-electron chi connectivity index (χ4n) is 1.67. The lowest BCUT2D eigenvalue weighted by atomic mass is 10.2. The Morgan fingerprint density at radius 2 is 2.29 bits per heavy atom. The fraction of sp³-hybridized carbons (Fsp3) is 0.583. The SMILES string of the molecule is CC(C)CN(CCC(=N)N)Cc1sccc1Br. The molecule has 3 nitrogen and oxygen atoms in total. The fourth-order valence-corrected chi connectivity index (χ4v) is 3.19. The summed E-state index contributed by atoms with van der Waals surface area (Å²) < 4.78 is 1.18. The van der Waals surface area contributed by atoms with Gasteiger partial charge in [0, 0.05) is 35.4 Å². The average Bonchev–Trinajstić information content (AvgIpc) is 2.60. The summed E-state index contributed by atoms with van der Waals surface area (Å²) in [5.41, 5.74) is 5.42. The van der Waals surface area contributed by atoms with Crippen LogP contribution in [-0.4, -0.2) is 23.8 Å². The molecule has 1 rings (SSSR count). The molecule has 0 radical (unpaired) electrons. The average molecular weight is 318 g/mol. The maximum absolute atomic E-state index is 7.31. The Balaban J connectivity index is 2.56. The second kappa shape index (κ2) is 7.13. The predicted molar refractivity (Wildman–Crippen MR) is 78.7 cm³/mol. The van der Waals surface area contributed by atoms with Gasteiger partial charge in [-0.3, -0.25) is 10.3 Å². The van der Waals surface area contributed by atoms with Gasteiger partial charge in [0.1, 0.15) is 0 Å². The van der Waals surface area contributed by atoms with Crippen LogP contribution in [-0.2, 0) is 6.54 Å². The number of nitrogens with zero attached hydrogens (tertiary/aromatic N) is 1. The molecule has 96 valence electrons. The second-order valence-corrected chi connectivity index (χ2v) is 6.45. The van der Waals surface area contributed by atoms with E-state index >= 15 is 0 Å². The molecule has 0 aromatic carbocycles. The van der Waals surface area contributed by atoms with Crippen molar-refractivity contribution < 1.29 is 0 Å². The number of nitrogens with two attached hydrogens (primary N) is 1. The molecule has 0 saturated carbocycles. The van der Waals surface area contributed by atoms with Gasteiger partial charge in [-0.2, -0.15) is 0 Å². The third-order valence-electron chi connectivity index (χ3n) is 2.38. The molecular weight excluding hydrogens is 298 g/mol. The van der Waals surface area contributed by atoms with Crippen molar-refractivity contribution in [2.75, 3.05) is 13.1 Å². The van der Waals surface area contributed by atoms with Crippen LogP contribution in [0.5, 0.6) is 0 Å². The van der Waals surface area contributed by atoms with Gasteiger partial charge < -0.3 is 5.73 Å². The lowest BCUT2D eigenvalue weighted by Gasteiger charge is -2.23. The molecule has 1 aromatic rings. The largest absolute Gasteiger partial charge is 0.388 e. The molecule has 0 aliphatic carbocycles. The van der Waals surface area contributed by atoms with Gasteiger partial charge in [0.05, 0.1) is 5.84 Å². The van der Waals surface area contributed by atoms with Crippen molar-refractivity contribution in [1.29, 1.82) is 5.41 Å². The van der Waals surface area contributed by atoms with Crippen molar-refractivity contribution in [1.82, 2.24) is 4.90 Å². The number of thiophene rings is 1. The Morgan fingerprint density at radius 1 is 1.59 bits per heavy atom. The summed E-state index contributed by atoms with van der Waals surface area (Å²) in [6, 6.07) is 2.08. The minimum absolute atomic E-state index is 0.268. The summed E-state index contributed by atoms with van der Waals surface area (Å²) in [5.74, 6) is 0.893. The molecule has 0 aliphatic heterocycles. The number of nitrogens with one attached hydrogen (secondary N) is 1. The molecule has 0 unspecified atom stereocenters. The molecule has 0 amide bonds. The maximum Gasteiger partial charge on any atom is 0.0918 e. The summed E-state index contributed by atoms with van der Waals surface area (Å²) in [7, 11) is 0. The van der Waals surface area contributed by atoms with Crippen LogP contribution in [0.2, 0.25) is 0 Å². The summed E-state index contributed by atoms with van der Waals surface area (Å²) in [5, 5.41) is 9.40. The minimum Gasteiger partial charge on any atom is -0.388 e. The summed E-state index contributed by atoms with van der Waals surface area (Å²) in [6.07, 6.45) is 0.649. The zero-order chi connectivity index (χ0) is 12.8. The second-order valence-electron chi connectivity index (χ2n) is 4.60. The van der Waals surface area contributed by atoms with Crippen molar-refractivity contribution in [3.63, 3.8) is 0 Å². The third-order valence-corrected chi connectivity index (χ3v) is 4.29. The third kappa shape index (κ3) is 5.66. The topological polar surface area (TPSA) is 53.1 Å². The van der Waals surface area contributed by atoms with Crippen LogP contribution in [0.4, 0.5) is 0 Å². The first-order valence-electron chi connectivity index (χ1n) is 5.76. The van der Waals surface area contributed by atoms with Crippen molar-refractivity contribution in [2.45, 2.75) is 26.8 Å². The number of hydrogen-bond donors (Lipinski definition) is 2. The lowest BCUT2D eigenvalue weighted by Crippen LogP contribution is -2.30. The number of rotatable bonds is 7. The maximum atomic E-state index is 7.31. The van der Waals surface area contributed by atoms with Gasteiger partial charge in [-0.1, -0.05) is 13.8 Å². The predicted octanol–water partition coefficient (Wildman–Crippen LogP) is 3.29.